The van der Waals surface area contributed by atoms with Crippen molar-refractivity contribution in [2.75, 3.05) is 33.7 Å². The molecule has 0 heterocycles. The third kappa shape index (κ3) is 7.13. The van der Waals surface area contributed by atoms with Crippen LogP contribution in [-0.2, 0) is 4.74 Å². The molecule has 1 aliphatic carbocycles. The summed E-state index contributed by atoms with van der Waals surface area (Å²) in [5, 5.41) is 0. The summed E-state index contributed by atoms with van der Waals surface area (Å²) >= 11 is 0. The van der Waals surface area contributed by atoms with Gasteiger partial charge in [-0.25, -0.2) is 4.79 Å². The molecule has 1 aliphatic rings. The minimum Gasteiger partial charge on any atom is -0.444 e. The Morgan fingerprint density at radius 3 is 2.20 bits per heavy atom. The Labute approximate surface area is 124 Å². The number of amides is 1. The molecule has 1 rings (SSSR count). The lowest BCUT2D eigenvalue weighted by Crippen LogP contribution is -2.43. The van der Waals surface area contributed by atoms with Gasteiger partial charge in [-0.3, -0.25) is 0 Å². The van der Waals surface area contributed by atoms with Gasteiger partial charge in [0.2, 0.25) is 0 Å². The zero-order valence-electron chi connectivity index (χ0n) is 13.9. The molecule has 0 spiro atoms. The number of hydrogen-bond acceptors (Lipinski definition) is 3. The molecule has 0 bridgehead atoms. The van der Waals surface area contributed by atoms with E-state index in [0.29, 0.717) is 5.92 Å². The molecule has 0 aliphatic heterocycles. The van der Waals surface area contributed by atoms with Crippen LogP contribution in [0.15, 0.2) is 0 Å². The fourth-order valence-electron chi connectivity index (χ4n) is 2.59. The summed E-state index contributed by atoms with van der Waals surface area (Å²) in [7, 11) is 4.07. The monoisotopic (exact) mass is 284 g/mol. The van der Waals surface area contributed by atoms with Gasteiger partial charge in [-0.2, -0.15) is 0 Å². The highest BCUT2D eigenvalue weighted by Gasteiger charge is 2.25. The van der Waals surface area contributed by atoms with Crippen molar-refractivity contribution in [2.24, 2.45) is 5.92 Å². The molecule has 0 saturated heterocycles. The molecule has 4 heteroatoms. The van der Waals surface area contributed by atoms with E-state index in [4.69, 9.17) is 4.74 Å². The van der Waals surface area contributed by atoms with Gasteiger partial charge in [0, 0.05) is 19.6 Å². The molecular formula is C16H32N2O2. The van der Waals surface area contributed by atoms with Gasteiger partial charge in [0.15, 0.2) is 0 Å². The summed E-state index contributed by atoms with van der Waals surface area (Å²) in [5.41, 5.74) is -0.417. The van der Waals surface area contributed by atoms with Gasteiger partial charge in [-0.15, -0.1) is 0 Å². The first-order valence-corrected chi connectivity index (χ1v) is 7.90. The van der Waals surface area contributed by atoms with E-state index in [-0.39, 0.29) is 6.09 Å². The van der Waals surface area contributed by atoms with Crippen LogP contribution in [0.4, 0.5) is 4.79 Å². The molecule has 1 fully saturated rings. The molecule has 1 saturated carbocycles. The molecule has 0 aromatic heterocycles. The second kappa shape index (κ2) is 7.87. The van der Waals surface area contributed by atoms with Crippen molar-refractivity contribution >= 4 is 6.09 Å². The van der Waals surface area contributed by atoms with Crippen LogP contribution in [0.3, 0.4) is 0 Å². The van der Waals surface area contributed by atoms with Crippen molar-refractivity contribution in [3.8, 4) is 0 Å². The van der Waals surface area contributed by atoms with Crippen LogP contribution in [0.1, 0.15) is 52.9 Å². The Morgan fingerprint density at radius 1 is 1.10 bits per heavy atom. The van der Waals surface area contributed by atoms with Gasteiger partial charge in [0.25, 0.3) is 0 Å². The standard InChI is InChI=1S/C16H32N2O2/c1-16(2,3)20-15(19)18(12-11-17(4)5)13-14-9-7-6-8-10-14/h14H,6-13H2,1-5H3. The first kappa shape index (κ1) is 17.3. The third-order valence-corrected chi connectivity index (χ3v) is 3.67. The predicted molar refractivity (Wildman–Crippen MR) is 82.9 cm³/mol. The van der Waals surface area contributed by atoms with Crippen LogP contribution in [0.25, 0.3) is 0 Å². The molecule has 0 N–H and O–H groups in total. The van der Waals surface area contributed by atoms with E-state index >= 15 is 0 Å². The maximum absolute atomic E-state index is 12.3. The fraction of sp³-hybridized carbons (Fsp3) is 0.938. The number of hydrogen-bond donors (Lipinski definition) is 0. The van der Waals surface area contributed by atoms with Crippen LogP contribution in [-0.4, -0.2) is 55.2 Å². The maximum Gasteiger partial charge on any atom is 0.410 e. The Hall–Kier alpha value is -0.770. The summed E-state index contributed by atoms with van der Waals surface area (Å²) in [5.74, 6) is 0.651. The lowest BCUT2D eigenvalue weighted by Gasteiger charge is -2.32. The summed E-state index contributed by atoms with van der Waals surface area (Å²) < 4.78 is 5.54. The first-order chi connectivity index (χ1) is 9.28. The highest BCUT2D eigenvalue weighted by molar-refractivity contribution is 5.68. The van der Waals surface area contributed by atoms with Crippen molar-refractivity contribution in [3.05, 3.63) is 0 Å². The maximum atomic E-state index is 12.3. The molecule has 0 aromatic carbocycles. The first-order valence-electron chi connectivity index (χ1n) is 7.90. The van der Waals surface area contributed by atoms with E-state index in [0.717, 1.165) is 19.6 Å². The third-order valence-electron chi connectivity index (χ3n) is 3.67. The Kier molecular flexibility index (Phi) is 6.80. The summed E-state index contributed by atoms with van der Waals surface area (Å²) in [4.78, 5) is 16.3. The minimum absolute atomic E-state index is 0.162. The fourth-order valence-corrected chi connectivity index (χ4v) is 2.59. The number of carbonyl (C=O) groups is 1. The number of carbonyl (C=O) groups excluding carboxylic acids is 1. The normalized spacial score (nSPS) is 17.3. The molecule has 0 aromatic rings. The zero-order chi connectivity index (χ0) is 15.2. The van der Waals surface area contributed by atoms with E-state index in [2.05, 4.69) is 4.90 Å². The second-order valence-corrected chi connectivity index (χ2v) is 7.23. The largest absolute Gasteiger partial charge is 0.444 e. The second-order valence-electron chi connectivity index (χ2n) is 7.23. The van der Waals surface area contributed by atoms with Crippen LogP contribution in [0.2, 0.25) is 0 Å². The number of ether oxygens (including phenoxy) is 1. The lowest BCUT2D eigenvalue weighted by atomic mass is 9.89. The van der Waals surface area contributed by atoms with E-state index in [9.17, 15) is 4.79 Å². The molecular weight excluding hydrogens is 252 g/mol. The van der Waals surface area contributed by atoms with Crippen molar-refractivity contribution in [2.45, 2.75) is 58.5 Å². The van der Waals surface area contributed by atoms with Crippen molar-refractivity contribution < 1.29 is 9.53 Å². The van der Waals surface area contributed by atoms with Crippen LogP contribution < -0.4 is 0 Å². The molecule has 4 nitrogen and oxygen atoms in total. The quantitative estimate of drug-likeness (QED) is 0.776. The Bertz CT molecular complexity index is 291. The highest BCUT2D eigenvalue weighted by atomic mass is 16.6. The van der Waals surface area contributed by atoms with Gasteiger partial charge in [-0.05, 0) is 53.6 Å². The van der Waals surface area contributed by atoms with Crippen LogP contribution in [0.5, 0.6) is 0 Å². The average Bonchev–Trinajstić information content (AvgIpc) is 2.33. The van der Waals surface area contributed by atoms with Gasteiger partial charge in [0.05, 0.1) is 0 Å². The molecule has 1 amide bonds. The number of likely N-dealkylation sites (N-methyl/N-ethyl adjacent to an activating group) is 1. The van der Waals surface area contributed by atoms with Crippen LogP contribution >= 0.6 is 0 Å². The lowest BCUT2D eigenvalue weighted by molar-refractivity contribution is 0.0197. The average molecular weight is 284 g/mol. The number of rotatable bonds is 5. The Balaban J connectivity index is 2.55. The zero-order valence-corrected chi connectivity index (χ0v) is 13.9. The molecule has 0 atom stereocenters. The molecule has 0 radical (unpaired) electrons. The van der Waals surface area contributed by atoms with Gasteiger partial charge < -0.3 is 14.5 Å². The summed E-state index contributed by atoms with van der Waals surface area (Å²) in [6.07, 6.45) is 6.30. The molecule has 0 unspecified atom stereocenters. The van der Waals surface area contributed by atoms with E-state index in [1.807, 2.05) is 39.8 Å². The van der Waals surface area contributed by atoms with Gasteiger partial charge in [-0.1, -0.05) is 19.3 Å². The molecule has 118 valence electrons. The van der Waals surface area contributed by atoms with Crippen LogP contribution in [0, 0.1) is 5.92 Å². The van der Waals surface area contributed by atoms with Crippen molar-refractivity contribution in [3.63, 3.8) is 0 Å². The van der Waals surface area contributed by atoms with E-state index < -0.39 is 5.60 Å². The summed E-state index contributed by atoms with van der Waals surface area (Å²) in [6.45, 7) is 8.26. The van der Waals surface area contributed by atoms with Gasteiger partial charge in [0.1, 0.15) is 5.60 Å². The molecule has 20 heavy (non-hydrogen) atoms. The Morgan fingerprint density at radius 2 is 1.70 bits per heavy atom. The van der Waals surface area contributed by atoms with E-state index in [1.165, 1.54) is 32.1 Å². The smallest absolute Gasteiger partial charge is 0.410 e. The van der Waals surface area contributed by atoms with Crippen molar-refractivity contribution in [1.82, 2.24) is 9.80 Å². The SMILES string of the molecule is CN(C)CCN(CC1CCCCC1)C(=O)OC(C)(C)C. The van der Waals surface area contributed by atoms with Gasteiger partial charge >= 0.3 is 6.09 Å². The highest BCUT2D eigenvalue weighted by Crippen LogP contribution is 2.25. The summed E-state index contributed by atoms with van der Waals surface area (Å²) in [6, 6.07) is 0. The topological polar surface area (TPSA) is 32.8 Å². The predicted octanol–water partition coefficient (Wildman–Crippen LogP) is 3.37. The van der Waals surface area contributed by atoms with Crippen molar-refractivity contribution in [1.29, 1.82) is 0 Å². The number of nitrogens with zero attached hydrogens (tertiary/aromatic N) is 2. The minimum atomic E-state index is -0.417. The van der Waals surface area contributed by atoms with E-state index in [1.54, 1.807) is 0 Å².